The monoisotopic (exact) mass is 286 g/mol. The van der Waals surface area contributed by atoms with Gasteiger partial charge in [-0.25, -0.2) is 4.79 Å². The van der Waals surface area contributed by atoms with Gasteiger partial charge in [0.25, 0.3) is 0 Å². The SMILES string of the molecule is COc1ccccc1CC(OCc1ccccc1)C(=O)O. The average Bonchev–Trinajstić information content (AvgIpc) is 2.52. The highest BCUT2D eigenvalue weighted by Gasteiger charge is 2.20. The van der Waals surface area contributed by atoms with Gasteiger partial charge in [0.15, 0.2) is 6.10 Å². The van der Waals surface area contributed by atoms with Crippen molar-refractivity contribution in [3.05, 3.63) is 65.7 Å². The number of rotatable bonds is 7. The standard InChI is InChI=1S/C17H18O4/c1-20-15-10-6-5-9-14(15)11-16(17(18)19)21-12-13-7-3-2-4-8-13/h2-10,16H,11-12H2,1H3,(H,18,19). The second-order valence-corrected chi connectivity index (χ2v) is 4.64. The Morgan fingerprint density at radius 3 is 2.43 bits per heavy atom. The molecule has 2 aromatic carbocycles. The Hall–Kier alpha value is -2.33. The van der Waals surface area contributed by atoms with Gasteiger partial charge in [0.1, 0.15) is 5.75 Å². The summed E-state index contributed by atoms with van der Waals surface area (Å²) in [6.07, 6.45) is -0.631. The molecule has 4 nitrogen and oxygen atoms in total. The summed E-state index contributed by atoms with van der Waals surface area (Å²) in [6.45, 7) is 0.271. The molecule has 0 spiro atoms. The molecule has 1 N–H and O–H groups in total. The highest BCUT2D eigenvalue weighted by Crippen LogP contribution is 2.20. The van der Waals surface area contributed by atoms with Gasteiger partial charge in [-0.05, 0) is 17.2 Å². The minimum Gasteiger partial charge on any atom is -0.496 e. The first-order valence-electron chi connectivity index (χ1n) is 6.71. The van der Waals surface area contributed by atoms with E-state index in [2.05, 4.69) is 0 Å². The third kappa shape index (κ3) is 4.33. The van der Waals surface area contributed by atoms with Gasteiger partial charge in [0, 0.05) is 6.42 Å². The van der Waals surface area contributed by atoms with E-state index >= 15 is 0 Å². The molecule has 0 amide bonds. The minimum absolute atomic E-state index is 0.270. The van der Waals surface area contributed by atoms with Crippen LogP contribution < -0.4 is 4.74 Å². The van der Waals surface area contributed by atoms with Crippen LogP contribution >= 0.6 is 0 Å². The number of benzene rings is 2. The predicted octanol–water partition coefficient (Wildman–Crippen LogP) is 2.91. The van der Waals surface area contributed by atoms with E-state index in [1.807, 2.05) is 54.6 Å². The van der Waals surface area contributed by atoms with Crippen LogP contribution in [0.5, 0.6) is 5.75 Å². The minimum atomic E-state index is -0.975. The van der Waals surface area contributed by atoms with Crippen LogP contribution in [0.2, 0.25) is 0 Å². The molecule has 0 aromatic heterocycles. The van der Waals surface area contributed by atoms with Gasteiger partial charge < -0.3 is 14.6 Å². The third-order valence-corrected chi connectivity index (χ3v) is 3.17. The van der Waals surface area contributed by atoms with Crippen LogP contribution in [0.4, 0.5) is 0 Å². The number of hydrogen-bond donors (Lipinski definition) is 1. The summed E-state index contributed by atoms with van der Waals surface area (Å²) in [5.74, 6) is -0.302. The normalized spacial score (nSPS) is 11.9. The molecule has 0 aliphatic rings. The molecule has 0 fully saturated rings. The largest absolute Gasteiger partial charge is 0.496 e. The van der Waals surface area contributed by atoms with E-state index in [1.165, 1.54) is 0 Å². The van der Waals surface area contributed by atoms with Gasteiger partial charge in [0.05, 0.1) is 13.7 Å². The second kappa shape index (κ2) is 7.45. The molecule has 1 unspecified atom stereocenters. The Morgan fingerprint density at radius 2 is 1.76 bits per heavy atom. The first kappa shape index (κ1) is 15.1. The molecule has 0 aliphatic carbocycles. The third-order valence-electron chi connectivity index (χ3n) is 3.17. The molecule has 0 saturated carbocycles. The van der Waals surface area contributed by atoms with Crippen LogP contribution in [-0.4, -0.2) is 24.3 Å². The van der Waals surface area contributed by atoms with Crippen LogP contribution in [0.3, 0.4) is 0 Å². The van der Waals surface area contributed by atoms with Crippen molar-refractivity contribution < 1.29 is 19.4 Å². The average molecular weight is 286 g/mol. The van der Waals surface area contributed by atoms with Gasteiger partial charge in [-0.3, -0.25) is 0 Å². The molecular weight excluding hydrogens is 268 g/mol. The summed E-state index contributed by atoms with van der Waals surface area (Å²) in [5, 5.41) is 9.31. The molecule has 0 radical (unpaired) electrons. The van der Waals surface area contributed by atoms with Crippen LogP contribution in [0.1, 0.15) is 11.1 Å². The quantitative estimate of drug-likeness (QED) is 0.850. The lowest BCUT2D eigenvalue weighted by molar-refractivity contribution is -0.151. The van der Waals surface area contributed by atoms with Crippen molar-refractivity contribution in [2.75, 3.05) is 7.11 Å². The number of para-hydroxylation sites is 1. The Labute approximate surface area is 123 Å². The van der Waals surface area contributed by atoms with Crippen molar-refractivity contribution in [1.29, 1.82) is 0 Å². The number of carbonyl (C=O) groups is 1. The fraction of sp³-hybridized carbons (Fsp3) is 0.235. The van der Waals surface area contributed by atoms with Gasteiger partial charge in [-0.15, -0.1) is 0 Å². The second-order valence-electron chi connectivity index (χ2n) is 4.64. The Balaban J connectivity index is 2.04. The van der Waals surface area contributed by atoms with E-state index in [0.717, 1.165) is 11.1 Å². The van der Waals surface area contributed by atoms with Crippen molar-refractivity contribution in [2.45, 2.75) is 19.1 Å². The molecule has 0 saturated heterocycles. The highest BCUT2D eigenvalue weighted by molar-refractivity contribution is 5.73. The lowest BCUT2D eigenvalue weighted by atomic mass is 10.1. The number of carboxylic acid groups (broad SMARTS) is 1. The van der Waals surface area contributed by atoms with Crippen molar-refractivity contribution in [1.82, 2.24) is 0 Å². The summed E-state index contributed by atoms with van der Waals surface area (Å²) in [4.78, 5) is 11.4. The number of ether oxygens (including phenoxy) is 2. The Morgan fingerprint density at radius 1 is 1.10 bits per heavy atom. The highest BCUT2D eigenvalue weighted by atomic mass is 16.5. The summed E-state index contributed by atoms with van der Waals surface area (Å²) >= 11 is 0. The summed E-state index contributed by atoms with van der Waals surface area (Å²) in [6, 6.07) is 16.9. The molecule has 0 bridgehead atoms. The van der Waals surface area contributed by atoms with Crippen molar-refractivity contribution in [3.63, 3.8) is 0 Å². The lowest BCUT2D eigenvalue weighted by Crippen LogP contribution is -2.26. The lowest BCUT2D eigenvalue weighted by Gasteiger charge is -2.15. The van der Waals surface area contributed by atoms with Gasteiger partial charge >= 0.3 is 5.97 Å². The first-order valence-corrected chi connectivity index (χ1v) is 6.71. The van der Waals surface area contributed by atoms with Crippen molar-refractivity contribution in [2.24, 2.45) is 0 Å². The van der Waals surface area contributed by atoms with E-state index in [4.69, 9.17) is 9.47 Å². The molecule has 2 aromatic rings. The van der Waals surface area contributed by atoms with E-state index in [1.54, 1.807) is 7.11 Å². The molecule has 21 heavy (non-hydrogen) atoms. The molecule has 2 rings (SSSR count). The zero-order chi connectivity index (χ0) is 15.1. The Kier molecular flexibility index (Phi) is 5.35. The molecule has 1 atom stereocenters. The van der Waals surface area contributed by atoms with Gasteiger partial charge in [0.2, 0.25) is 0 Å². The van der Waals surface area contributed by atoms with Gasteiger partial charge in [-0.2, -0.15) is 0 Å². The van der Waals surface area contributed by atoms with Crippen molar-refractivity contribution >= 4 is 5.97 Å². The smallest absolute Gasteiger partial charge is 0.333 e. The van der Waals surface area contributed by atoms with E-state index in [0.29, 0.717) is 5.75 Å². The molecular formula is C17H18O4. The molecule has 0 aliphatic heterocycles. The fourth-order valence-electron chi connectivity index (χ4n) is 2.06. The predicted molar refractivity (Wildman–Crippen MR) is 79.4 cm³/mol. The summed E-state index contributed by atoms with van der Waals surface area (Å²) in [5.41, 5.74) is 1.77. The van der Waals surface area contributed by atoms with Crippen LogP contribution in [0.15, 0.2) is 54.6 Å². The summed E-state index contributed by atoms with van der Waals surface area (Å²) < 4.78 is 10.8. The van der Waals surface area contributed by atoms with Gasteiger partial charge in [-0.1, -0.05) is 48.5 Å². The van der Waals surface area contributed by atoms with Crippen LogP contribution in [0.25, 0.3) is 0 Å². The van der Waals surface area contributed by atoms with E-state index in [-0.39, 0.29) is 13.0 Å². The maximum absolute atomic E-state index is 11.4. The number of carboxylic acids is 1. The summed E-state index contributed by atoms with van der Waals surface area (Å²) in [7, 11) is 1.57. The maximum Gasteiger partial charge on any atom is 0.333 e. The fourth-order valence-corrected chi connectivity index (χ4v) is 2.06. The zero-order valence-electron chi connectivity index (χ0n) is 11.9. The maximum atomic E-state index is 11.4. The van der Waals surface area contributed by atoms with E-state index in [9.17, 15) is 9.90 Å². The zero-order valence-corrected chi connectivity index (χ0v) is 11.9. The topological polar surface area (TPSA) is 55.8 Å². The molecule has 0 heterocycles. The molecule has 110 valence electrons. The number of methoxy groups -OCH3 is 1. The number of aliphatic carboxylic acids is 1. The van der Waals surface area contributed by atoms with Crippen LogP contribution in [0, 0.1) is 0 Å². The number of hydrogen-bond acceptors (Lipinski definition) is 3. The van der Waals surface area contributed by atoms with Crippen LogP contribution in [-0.2, 0) is 22.6 Å². The first-order chi connectivity index (χ1) is 10.2. The van der Waals surface area contributed by atoms with Crippen molar-refractivity contribution in [3.8, 4) is 5.75 Å². The molecule has 4 heteroatoms. The Bertz CT molecular complexity index is 580. The van der Waals surface area contributed by atoms with E-state index < -0.39 is 12.1 Å².